The van der Waals surface area contributed by atoms with Gasteiger partial charge in [-0.3, -0.25) is 4.90 Å². The molecule has 0 aromatic heterocycles. The van der Waals surface area contributed by atoms with Gasteiger partial charge in [0.2, 0.25) is 0 Å². The van der Waals surface area contributed by atoms with Crippen molar-refractivity contribution < 1.29 is 23.0 Å². The monoisotopic (exact) mass is 698 g/mol. The van der Waals surface area contributed by atoms with Gasteiger partial charge in [0.05, 0.1) is 25.6 Å². The van der Waals surface area contributed by atoms with E-state index in [0.29, 0.717) is 17.1 Å². The quantitative estimate of drug-likeness (QED) is 0.189. The van der Waals surface area contributed by atoms with Gasteiger partial charge in [-0.15, -0.1) is 0 Å². The molecule has 5 aromatic carbocycles. The number of halogens is 2. The Bertz CT molecular complexity index is 2240. The highest BCUT2D eigenvalue weighted by Gasteiger charge is 2.56. The van der Waals surface area contributed by atoms with Gasteiger partial charge in [-0.05, 0) is 100 Å². The number of nitrogens with one attached hydrogen (secondary N) is 1. The largest absolute Gasteiger partial charge is 0.497 e. The third kappa shape index (κ3) is 4.56. The third-order valence-electron chi connectivity index (χ3n) is 12.0. The standard InChI is InChI=1S/C45H44F2N2O3/c1-41(2)24-42(3,4)26-43(25-41)35-11-9-8-10-31(35)38-33-23-37-36(48-45(46,47)49(37)5)22-34(33)40-32(39(38)43)20-21-44(52-40,27-12-16-29(50-6)17-13-27)28-14-18-30(51-7)19-15-28/h8-23,48H,24-26H2,1-7H3. The predicted octanol–water partition coefficient (Wildman–Crippen LogP) is 11.1. The number of benzene rings is 5. The maximum absolute atomic E-state index is 15.3. The number of hydrogen-bond donors (Lipinski definition) is 1. The minimum absolute atomic E-state index is 0.0532. The smallest absolute Gasteiger partial charge is 0.411 e. The zero-order chi connectivity index (χ0) is 36.4. The minimum Gasteiger partial charge on any atom is -0.497 e. The Kier molecular flexibility index (Phi) is 6.79. The highest BCUT2D eigenvalue weighted by Crippen LogP contribution is 2.67. The molecule has 7 heteroatoms. The Labute approximate surface area is 304 Å². The van der Waals surface area contributed by atoms with E-state index in [4.69, 9.17) is 14.2 Å². The summed E-state index contributed by atoms with van der Waals surface area (Å²) < 4.78 is 49.3. The highest BCUT2D eigenvalue weighted by atomic mass is 19.3. The van der Waals surface area contributed by atoms with E-state index in [-0.39, 0.29) is 16.2 Å². The number of anilines is 2. The van der Waals surface area contributed by atoms with Gasteiger partial charge in [-0.1, -0.05) is 82.3 Å². The Morgan fingerprint density at radius 2 is 1.35 bits per heavy atom. The van der Waals surface area contributed by atoms with Crippen LogP contribution in [0.4, 0.5) is 20.2 Å². The zero-order valence-electron chi connectivity index (χ0n) is 30.8. The Balaban J connectivity index is 1.39. The first-order valence-electron chi connectivity index (χ1n) is 18.1. The molecular formula is C45H44F2N2O3. The summed E-state index contributed by atoms with van der Waals surface area (Å²) in [7, 11) is 4.76. The zero-order valence-corrected chi connectivity index (χ0v) is 30.8. The second kappa shape index (κ2) is 10.8. The van der Waals surface area contributed by atoms with Crippen LogP contribution in [0.3, 0.4) is 0 Å². The molecule has 2 heterocycles. The van der Waals surface area contributed by atoms with Crippen LogP contribution in [-0.4, -0.2) is 27.4 Å². The summed E-state index contributed by atoms with van der Waals surface area (Å²) in [6, 6.07) is 28.5. The second-order valence-corrected chi connectivity index (χ2v) is 16.7. The van der Waals surface area contributed by atoms with Crippen LogP contribution in [0, 0.1) is 10.8 Å². The van der Waals surface area contributed by atoms with Gasteiger partial charge in [0.1, 0.15) is 17.2 Å². The van der Waals surface area contributed by atoms with Crippen LogP contribution in [0.2, 0.25) is 0 Å². The van der Waals surface area contributed by atoms with E-state index in [0.717, 1.165) is 68.7 Å². The van der Waals surface area contributed by atoms with Gasteiger partial charge in [0.15, 0.2) is 5.60 Å². The van der Waals surface area contributed by atoms with Crippen LogP contribution in [0.15, 0.2) is 91.0 Å². The molecule has 0 atom stereocenters. The predicted molar refractivity (Wildman–Crippen MR) is 205 cm³/mol. The molecule has 266 valence electrons. The summed E-state index contributed by atoms with van der Waals surface area (Å²) in [6.07, 6.45) is 4.23. The molecule has 9 rings (SSSR count). The van der Waals surface area contributed by atoms with Gasteiger partial charge in [-0.25, -0.2) is 0 Å². The lowest BCUT2D eigenvalue weighted by Gasteiger charge is -2.52. The Morgan fingerprint density at radius 3 is 1.94 bits per heavy atom. The molecule has 0 unspecified atom stereocenters. The molecule has 1 saturated carbocycles. The van der Waals surface area contributed by atoms with Crippen LogP contribution in [0.1, 0.15) is 74.8 Å². The number of ether oxygens (including phenoxy) is 3. The molecule has 0 radical (unpaired) electrons. The first kappa shape index (κ1) is 32.8. The SMILES string of the molecule is COc1ccc(C2(c3ccc(OC)cc3)C=Cc3c4c(c5cc6c(cc5c3O2)NC(F)(F)N6C)-c2ccccc2C42CC(C)(C)CC(C)(C)C2)cc1. The molecule has 5 aromatic rings. The molecule has 52 heavy (non-hydrogen) atoms. The van der Waals surface area contributed by atoms with Crippen LogP contribution in [-0.2, 0) is 11.0 Å². The van der Waals surface area contributed by atoms with Crippen molar-refractivity contribution >= 4 is 28.2 Å². The molecule has 2 aliphatic carbocycles. The molecule has 2 aliphatic heterocycles. The number of hydrogen-bond acceptors (Lipinski definition) is 5. The van der Waals surface area contributed by atoms with E-state index in [1.54, 1.807) is 14.2 Å². The summed E-state index contributed by atoms with van der Waals surface area (Å²) >= 11 is 0. The van der Waals surface area contributed by atoms with E-state index >= 15 is 8.78 Å². The molecule has 1 N–H and O–H groups in total. The molecule has 1 fully saturated rings. The lowest BCUT2D eigenvalue weighted by molar-refractivity contribution is 0.0407. The first-order valence-corrected chi connectivity index (χ1v) is 18.1. The third-order valence-corrected chi connectivity index (χ3v) is 12.0. The molecule has 1 spiro atoms. The average molecular weight is 699 g/mol. The molecule has 4 aliphatic rings. The number of alkyl halides is 2. The van der Waals surface area contributed by atoms with Crippen molar-refractivity contribution in [2.45, 2.75) is 64.1 Å². The fraction of sp³-hybridized carbons (Fsp3) is 0.333. The van der Waals surface area contributed by atoms with Crippen LogP contribution in [0.25, 0.3) is 28.0 Å². The second-order valence-electron chi connectivity index (χ2n) is 16.7. The van der Waals surface area contributed by atoms with Crippen molar-refractivity contribution in [3.05, 3.63) is 119 Å². The topological polar surface area (TPSA) is 43.0 Å². The van der Waals surface area contributed by atoms with Gasteiger partial charge in [-0.2, -0.15) is 8.78 Å². The fourth-order valence-electron chi connectivity index (χ4n) is 10.6. The van der Waals surface area contributed by atoms with Crippen molar-refractivity contribution in [3.8, 4) is 28.4 Å². The van der Waals surface area contributed by atoms with Crippen LogP contribution >= 0.6 is 0 Å². The Morgan fingerprint density at radius 1 is 0.750 bits per heavy atom. The summed E-state index contributed by atoms with van der Waals surface area (Å²) in [5, 5.41) is 4.20. The van der Waals surface area contributed by atoms with Crippen LogP contribution < -0.4 is 24.4 Å². The molecule has 0 amide bonds. The number of methoxy groups -OCH3 is 2. The molecular weight excluding hydrogens is 655 g/mol. The minimum atomic E-state index is -3.23. The summed E-state index contributed by atoms with van der Waals surface area (Å²) in [6.45, 7) is 9.57. The number of rotatable bonds is 4. The maximum atomic E-state index is 15.3. The number of fused-ring (bicyclic) bond motifs is 11. The van der Waals surface area contributed by atoms with Gasteiger partial charge >= 0.3 is 6.17 Å². The molecule has 5 nitrogen and oxygen atoms in total. The van der Waals surface area contributed by atoms with Gasteiger partial charge in [0, 0.05) is 34.5 Å². The fourth-order valence-corrected chi connectivity index (χ4v) is 10.6. The lowest BCUT2D eigenvalue weighted by atomic mass is 9.52. The normalized spacial score (nSPS) is 20.4. The van der Waals surface area contributed by atoms with E-state index in [9.17, 15) is 0 Å². The summed E-state index contributed by atoms with van der Waals surface area (Å²) in [5.74, 6) is 2.18. The average Bonchev–Trinajstić information content (AvgIpc) is 3.51. The molecule has 0 saturated heterocycles. The van der Waals surface area contributed by atoms with Crippen molar-refractivity contribution in [1.82, 2.24) is 0 Å². The van der Waals surface area contributed by atoms with E-state index in [1.165, 1.54) is 23.7 Å². The van der Waals surface area contributed by atoms with Crippen LogP contribution in [0.5, 0.6) is 17.2 Å². The Hall–Kier alpha value is -5.04. The van der Waals surface area contributed by atoms with E-state index in [1.807, 2.05) is 60.7 Å². The van der Waals surface area contributed by atoms with Gasteiger partial charge < -0.3 is 19.5 Å². The summed E-state index contributed by atoms with van der Waals surface area (Å²) in [4.78, 5) is 1.04. The van der Waals surface area contributed by atoms with Crippen molar-refractivity contribution in [3.63, 3.8) is 0 Å². The number of nitrogens with zero attached hydrogens (tertiary/aromatic N) is 1. The summed E-state index contributed by atoms with van der Waals surface area (Å²) in [5.41, 5.74) is 7.30. The molecule has 0 bridgehead atoms. The van der Waals surface area contributed by atoms with E-state index < -0.39 is 11.8 Å². The van der Waals surface area contributed by atoms with Crippen molar-refractivity contribution in [1.29, 1.82) is 0 Å². The maximum Gasteiger partial charge on any atom is 0.411 e. The van der Waals surface area contributed by atoms with Crippen molar-refractivity contribution in [2.24, 2.45) is 10.8 Å². The van der Waals surface area contributed by atoms with Crippen molar-refractivity contribution in [2.75, 3.05) is 31.5 Å². The lowest BCUT2D eigenvalue weighted by Crippen LogP contribution is -2.44. The van der Waals surface area contributed by atoms with E-state index in [2.05, 4.69) is 69.4 Å². The first-order chi connectivity index (χ1) is 24.7. The van der Waals surface area contributed by atoms with Gasteiger partial charge in [0.25, 0.3) is 0 Å². The highest BCUT2D eigenvalue weighted by molar-refractivity contribution is 6.11.